The summed E-state index contributed by atoms with van der Waals surface area (Å²) in [4.78, 5) is 28.5. The van der Waals surface area contributed by atoms with Crippen LogP contribution in [0.2, 0.25) is 5.02 Å². The van der Waals surface area contributed by atoms with Crippen molar-refractivity contribution >= 4 is 23.6 Å². The van der Waals surface area contributed by atoms with Crippen molar-refractivity contribution in [1.82, 2.24) is 15.1 Å². The molecule has 0 unspecified atom stereocenters. The fraction of sp³-hybridized carbons (Fsp3) is 0.619. The number of hydrogen-bond acceptors (Lipinski definition) is 4. The predicted molar refractivity (Wildman–Crippen MR) is 111 cm³/mol. The van der Waals surface area contributed by atoms with Crippen LogP contribution in [-0.4, -0.2) is 61.1 Å². The molecule has 1 aromatic rings. The molecule has 0 saturated carbocycles. The first kappa shape index (κ1) is 22.5. The highest BCUT2D eigenvalue weighted by atomic mass is 35.5. The summed E-state index contributed by atoms with van der Waals surface area (Å²) in [6.45, 7) is 7.12. The molecule has 2 rings (SSSR count). The zero-order chi connectivity index (χ0) is 20.9. The Kier molecular flexibility index (Phi) is 7.72. The Morgan fingerprint density at radius 3 is 2.39 bits per heavy atom. The quantitative estimate of drug-likeness (QED) is 0.805. The smallest absolute Gasteiger partial charge is 0.410 e. The van der Waals surface area contributed by atoms with Crippen molar-refractivity contribution in [3.8, 4) is 0 Å². The summed E-state index contributed by atoms with van der Waals surface area (Å²) in [6.07, 6.45) is 0.978. The minimum absolute atomic E-state index is 0.000461. The maximum absolute atomic E-state index is 12.6. The van der Waals surface area contributed by atoms with E-state index in [9.17, 15) is 9.59 Å². The third-order valence-corrected chi connectivity index (χ3v) is 5.22. The maximum Gasteiger partial charge on any atom is 0.410 e. The minimum atomic E-state index is -0.509. The number of benzene rings is 1. The van der Waals surface area contributed by atoms with Crippen molar-refractivity contribution in [3.63, 3.8) is 0 Å². The van der Waals surface area contributed by atoms with Crippen molar-refractivity contribution < 1.29 is 14.3 Å². The topological polar surface area (TPSA) is 61.9 Å². The van der Waals surface area contributed by atoms with Gasteiger partial charge in [-0.05, 0) is 59.3 Å². The molecule has 0 bridgehead atoms. The minimum Gasteiger partial charge on any atom is -0.444 e. The molecule has 0 aliphatic carbocycles. The number of carbonyl (C=O) groups excluding carboxylic acids is 2. The third kappa shape index (κ3) is 6.38. The van der Waals surface area contributed by atoms with Crippen molar-refractivity contribution in [2.75, 3.05) is 33.7 Å². The highest BCUT2D eigenvalue weighted by Crippen LogP contribution is 2.26. The van der Waals surface area contributed by atoms with E-state index < -0.39 is 5.60 Å². The van der Waals surface area contributed by atoms with Crippen molar-refractivity contribution in [1.29, 1.82) is 0 Å². The molecular formula is C21H32ClN3O3. The number of rotatable bonds is 5. The van der Waals surface area contributed by atoms with Crippen molar-refractivity contribution in [2.45, 2.75) is 45.3 Å². The predicted octanol–water partition coefficient (Wildman–Crippen LogP) is 3.71. The highest BCUT2D eigenvalue weighted by molar-refractivity contribution is 6.31. The average Bonchev–Trinajstić information content (AvgIpc) is 2.61. The molecule has 1 heterocycles. The summed E-state index contributed by atoms with van der Waals surface area (Å²) in [7, 11) is 3.94. The Balaban J connectivity index is 1.87. The first-order chi connectivity index (χ1) is 13.1. The zero-order valence-electron chi connectivity index (χ0n) is 17.5. The van der Waals surface area contributed by atoms with E-state index in [0.29, 0.717) is 37.5 Å². The Morgan fingerprint density at radius 2 is 1.86 bits per heavy atom. The lowest BCUT2D eigenvalue weighted by molar-refractivity contribution is -0.126. The first-order valence-electron chi connectivity index (χ1n) is 9.75. The normalized spacial score (nSPS) is 16.8. The molecule has 1 atom stereocenters. The van der Waals surface area contributed by atoms with E-state index in [4.69, 9.17) is 16.3 Å². The zero-order valence-corrected chi connectivity index (χ0v) is 18.3. The Bertz CT molecular complexity index is 680. The second kappa shape index (κ2) is 9.61. The van der Waals surface area contributed by atoms with Crippen molar-refractivity contribution in [2.24, 2.45) is 5.92 Å². The van der Waals surface area contributed by atoms with Gasteiger partial charge in [0.15, 0.2) is 0 Å². The third-order valence-electron chi connectivity index (χ3n) is 4.87. The van der Waals surface area contributed by atoms with Crippen molar-refractivity contribution in [3.05, 3.63) is 34.9 Å². The van der Waals surface area contributed by atoms with Gasteiger partial charge in [-0.2, -0.15) is 0 Å². The molecule has 0 spiro atoms. The molecular weight excluding hydrogens is 378 g/mol. The summed E-state index contributed by atoms with van der Waals surface area (Å²) < 4.78 is 5.41. The number of likely N-dealkylation sites (tertiary alicyclic amines) is 1. The second-order valence-corrected chi connectivity index (χ2v) is 8.89. The number of likely N-dealkylation sites (N-methyl/N-ethyl adjacent to an activating group) is 1. The highest BCUT2D eigenvalue weighted by Gasteiger charge is 2.30. The molecule has 1 saturated heterocycles. The van der Waals surface area contributed by atoms with Crippen LogP contribution >= 0.6 is 11.6 Å². The lowest BCUT2D eigenvalue weighted by atomic mass is 9.96. The SMILES string of the molecule is CN(C)[C@@H](CNC(=O)C1CCN(C(=O)OC(C)(C)C)CC1)c1ccccc1Cl. The largest absolute Gasteiger partial charge is 0.444 e. The van der Waals surface area contributed by atoms with E-state index in [1.54, 1.807) is 4.90 Å². The summed E-state index contributed by atoms with van der Waals surface area (Å²) in [5, 5.41) is 3.76. The van der Waals surface area contributed by atoms with Crippen LogP contribution in [0.1, 0.15) is 45.2 Å². The van der Waals surface area contributed by atoms with Gasteiger partial charge < -0.3 is 19.9 Å². The van der Waals surface area contributed by atoms with Crippen LogP contribution in [0.4, 0.5) is 4.79 Å². The molecule has 1 aromatic carbocycles. The Hall–Kier alpha value is -1.79. The van der Waals surface area contributed by atoms with Crippen LogP contribution in [-0.2, 0) is 9.53 Å². The van der Waals surface area contributed by atoms with Crippen LogP contribution < -0.4 is 5.32 Å². The Morgan fingerprint density at radius 1 is 1.25 bits per heavy atom. The molecule has 0 aromatic heterocycles. The van der Waals surface area contributed by atoms with E-state index in [-0.39, 0.29) is 24.0 Å². The summed E-state index contributed by atoms with van der Waals surface area (Å²) in [6, 6.07) is 7.70. The molecule has 7 heteroatoms. The van der Waals surface area contributed by atoms with E-state index in [1.165, 1.54) is 0 Å². The summed E-state index contributed by atoms with van der Waals surface area (Å²) in [5.74, 6) is -0.0597. The van der Waals surface area contributed by atoms with Crippen LogP contribution in [0.25, 0.3) is 0 Å². The van der Waals surface area contributed by atoms with Gasteiger partial charge in [-0.15, -0.1) is 0 Å². The van der Waals surface area contributed by atoms with Crippen LogP contribution in [0, 0.1) is 5.92 Å². The van der Waals surface area contributed by atoms with Gasteiger partial charge in [-0.1, -0.05) is 29.8 Å². The number of nitrogens with zero attached hydrogens (tertiary/aromatic N) is 2. The number of halogens is 1. The number of nitrogens with one attached hydrogen (secondary N) is 1. The standard InChI is InChI=1S/C21H32ClN3O3/c1-21(2,3)28-20(27)25-12-10-15(11-13-25)19(26)23-14-18(24(4)5)16-8-6-7-9-17(16)22/h6-9,15,18H,10-14H2,1-5H3,(H,23,26)/t18-/m0/s1. The van der Waals surface area contributed by atoms with Gasteiger partial charge in [0.1, 0.15) is 5.60 Å². The number of hydrogen-bond donors (Lipinski definition) is 1. The number of carbonyl (C=O) groups is 2. The van der Waals surface area contributed by atoms with E-state index >= 15 is 0 Å². The average molecular weight is 410 g/mol. The molecule has 1 aliphatic rings. The molecule has 1 fully saturated rings. The van der Waals surface area contributed by atoms with E-state index in [2.05, 4.69) is 5.32 Å². The first-order valence-corrected chi connectivity index (χ1v) is 10.1. The van der Waals surface area contributed by atoms with Crippen LogP contribution in [0.3, 0.4) is 0 Å². The van der Waals surface area contributed by atoms with E-state index in [1.807, 2.05) is 64.0 Å². The second-order valence-electron chi connectivity index (χ2n) is 8.49. The molecule has 2 amide bonds. The van der Waals surface area contributed by atoms with Crippen LogP contribution in [0.15, 0.2) is 24.3 Å². The van der Waals surface area contributed by atoms with Crippen LogP contribution in [0.5, 0.6) is 0 Å². The summed E-state index contributed by atoms with van der Waals surface area (Å²) in [5.41, 5.74) is 0.486. The molecule has 28 heavy (non-hydrogen) atoms. The fourth-order valence-corrected chi connectivity index (χ4v) is 3.57. The van der Waals surface area contributed by atoms with Gasteiger partial charge in [0.05, 0.1) is 6.04 Å². The van der Waals surface area contributed by atoms with Gasteiger partial charge in [-0.25, -0.2) is 4.79 Å². The number of piperidine rings is 1. The maximum atomic E-state index is 12.6. The molecule has 156 valence electrons. The van der Waals surface area contributed by atoms with E-state index in [0.717, 1.165) is 5.56 Å². The van der Waals surface area contributed by atoms with Gasteiger partial charge >= 0.3 is 6.09 Å². The Labute approximate surface area is 173 Å². The fourth-order valence-electron chi connectivity index (χ4n) is 3.31. The van der Waals surface area contributed by atoms with Gasteiger partial charge in [0.2, 0.25) is 5.91 Å². The lowest BCUT2D eigenvalue weighted by Crippen LogP contribution is -2.45. The lowest BCUT2D eigenvalue weighted by Gasteiger charge is -2.33. The van der Waals surface area contributed by atoms with Gasteiger partial charge in [0.25, 0.3) is 0 Å². The monoisotopic (exact) mass is 409 g/mol. The molecule has 0 radical (unpaired) electrons. The summed E-state index contributed by atoms with van der Waals surface area (Å²) >= 11 is 6.33. The molecule has 6 nitrogen and oxygen atoms in total. The molecule has 1 aliphatic heterocycles. The van der Waals surface area contributed by atoms with Gasteiger partial charge in [0, 0.05) is 30.6 Å². The number of amides is 2. The van der Waals surface area contributed by atoms with Gasteiger partial charge in [-0.3, -0.25) is 4.79 Å². The number of ether oxygens (including phenoxy) is 1. The molecule has 1 N–H and O–H groups in total.